The van der Waals surface area contributed by atoms with E-state index < -0.39 is 10.0 Å². The predicted molar refractivity (Wildman–Crippen MR) is 87.6 cm³/mol. The van der Waals surface area contributed by atoms with Gasteiger partial charge >= 0.3 is 0 Å². The van der Waals surface area contributed by atoms with Gasteiger partial charge in [0.1, 0.15) is 4.90 Å². The molecule has 4 nitrogen and oxygen atoms in total. The Hall–Kier alpha value is -2.03. The van der Waals surface area contributed by atoms with Crippen molar-refractivity contribution in [2.75, 3.05) is 10.8 Å². The molecule has 114 valence electrons. The van der Waals surface area contributed by atoms with Crippen molar-refractivity contribution < 1.29 is 8.42 Å². The molecule has 0 saturated heterocycles. The van der Waals surface area contributed by atoms with Gasteiger partial charge in [-0.2, -0.15) is 5.26 Å². The molecule has 0 amide bonds. The lowest BCUT2D eigenvalue weighted by Crippen LogP contribution is -2.31. The smallest absolute Gasteiger partial charge is 0.265 e. The first kappa shape index (κ1) is 16.3. The number of rotatable bonds is 4. The van der Waals surface area contributed by atoms with Crippen LogP contribution in [0, 0.1) is 18.3 Å². The van der Waals surface area contributed by atoms with Crippen LogP contribution in [0.5, 0.6) is 0 Å². The minimum atomic E-state index is -3.76. The monoisotopic (exact) mass is 334 g/mol. The molecule has 2 aromatic carbocycles. The van der Waals surface area contributed by atoms with Crippen LogP contribution in [-0.2, 0) is 10.0 Å². The van der Waals surface area contributed by atoms with Crippen LogP contribution < -0.4 is 4.31 Å². The molecule has 0 atom stereocenters. The minimum absolute atomic E-state index is 0.0837. The van der Waals surface area contributed by atoms with Crippen LogP contribution >= 0.6 is 11.6 Å². The Balaban J connectivity index is 2.53. The van der Waals surface area contributed by atoms with Crippen LogP contribution in [0.25, 0.3) is 0 Å². The molecular formula is C16H15ClN2O2S. The van der Waals surface area contributed by atoms with Gasteiger partial charge in [0.2, 0.25) is 0 Å². The summed E-state index contributed by atoms with van der Waals surface area (Å²) in [5.41, 5.74) is 1.68. The van der Waals surface area contributed by atoms with Gasteiger partial charge in [-0.05, 0) is 49.7 Å². The molecule has 6 heteroatoms. The second kappa shape index (κ2) is 6.39. The van der Waals surface area contributed by atoms with Crippen molar-refractivity contribution in [1.82, 2.24) is 0 Å². The van der Waals surface area contributed by atoms with Crippen LogP contribution in [0.2, 0.25) is 5.02 Å². The van der Waals surface area contributed by atoms with Gasteiger partial charge in [0.15, 0.2) is 0 Å². The van der Waals surface area contributed by atoms with Gasteiger partial charge in [0.25, 0.3) is 10.0 Å². The van der Waals surface area contributed by atoms with Crippen LogP contribution in [0.1, 0.15) is 18.1 Å². The first-order valence-corrected chi connectivity index (χ1v) is 8.51. The van der Waals surface area contributed by atoms with Gasteiger partial charge in [0.05, 0.1) is 22.3 Å². The summed E-state index contributed by atoms with van der Waals surface area (Å²) in [4.78, 5) is 0.0837. The summed E-state index contributed by atoms with van der Waals surface area (Å²) in [6, 6.07) is 13.3. The first-order chi connectivity index (χ1) is 10.4. The second-order valence-electron chi connectivity index (χ2n) is 4.72. The highest BCUT2D eigenvalue weighted by Gasteiger charge is 2.26. The number of aryl methyl sites for hydroxylation is 1. The fourth-order valence-corrected chi connectivity index (χ4v) is 4.17. The lowest BCUT2D eigenvalue weighted by molar-refractivity contribution is 0.592. The molecule has 0 aliphatic rings. The Labute approximate surface area is 135 Å². The Kier molecular flexibility index (Phi) is 4.74. The van der Waals surface area contributed by atoms with E-state index >= 15 is 0 Å². The normalized spacial score (nSPS) is 11.0. The third-order valence-corrected chi connectivity index (χ3v) is 5.86. The molecule has 22 heavy (non-hydrogen) atoms. The van der Waals surface area contributed by atoms with E-state index in [-0.39, 0.29) is 16.5 Å². The van der Waals surface area contributed by atoms with Crippen LogP contribution in [0.4, 0.5) is 5.69 Å². The number of nitrogens with zero attached hydrogens (tertiary/aromatic N) is 2. The van der Waals surface area contributed by atoms with Crippen LogP contribution in [0.15, 0.2) is 47.4 Å². The zero-order valence-electron chi connectivity index (χ0n) is 12.2. The van der Waals surface area contributed by atoms with Crippen molar-refractivity contribution in [3.63, 3.8) is 0 Å². The van der Waals surface area contributed by atoms with E-state index in [2.05, 4.69) is 0 Å². The molecule has 2 rings (SSSR count). The Morgan fingerprint density at radius 1 is 1.18 bits per heavy atom. The molecule has 0 saturated carbocycles. The van der Waals surface area contributed by atoms with Crippen LogP contribution in [-0.4, -0.2) is 15.0 Å². The summed E-state index contributed by atoms with van der Waals surface area (Å²) in [6.07, 6.45) is 0. The van der Waals surface area contributed by atoms with Gasteiger partial charge in [-0.1, -0.05) is 23.7 Å². The third-order valence-electron chi connectivity index (χ3n) is 3.30. The van der Waals surface area contributed by atoms with Gasteiger partial charge in [0, 0.05) is 6.54 Å². The molecule has 0 aromatic heterocycles. The van der Waals surface area contributed by atoms with Crippen molar-refractivity contribution in [1.29, 1.82) is 5.26 Å². The number of hydrogen-bond acceptors (Lipinski definition) is 3. The van der Waals surface area contributed by atoms with E-state index in [0.29, 0.717) is 16.8 Å². The molecule has 0 radical (unpaired) electrons. The number of benzene rings is 2. The molecule has 0 fully saturated rings. The molecular weight excluding hydrogens is 320 g/mol. The predicted octanol–water partition coefficient (Wildman–Crippen LogP) is 3.74. The highest BCUT2D eigenvalue weighted by atomic mass is 35.5. The lowest BCUT2D eigenvalue weighted by Gasteiger charge is -2.23. The van der Waals surface area contributed by atoms with E-state index in [1.165, 1.54) is 10.4 Å². The SMILES string of the molecule is CCN(c1ccc(C#N)cc1)S(=O)(=O)c1cccc(C)c1Cl. The van der Waals surface area contributed by atoms with E-state index in [9.17, 15) is 8.42 Å². The summed E-state index contributed by atoms with van der Waals surface area (Å²) in [6.45, 7) is 3.78. The molecule has 0 heterocycles. The lowest BCUT2D eigenvalue weighted by atomic mass is 10.2. The molecule has 0 aliphatic carbocycles. The first-order valence-electron chi connectivity index (χ1n) is 6.69. The standard InChI is InChI=1S/C16H15ClN2O2S/c1-3-19(14-9-7-13(11-18)8-10-14)22(20,21)15-6-4-5-12(2)16(15)17/h4-10H,3H2,1-2H3. The highest BCUT2D eigenvalue weighted by molar-refractivity contribution is 7.93. The average Bonchev–Trinajstić information content (AvgIpc) is 2.51. The topological polar surface area (TPSA) is 61.2 Å². The quantitative estimate of drug-likeness (QED) is 0.855. The van der Waals surface area contributed by atoms with Gasteiger partial charge in [-0.25, -0.2) is 8.42 Å². The Bertz CT molecular complexity index is 824. The van der Waals surface area contributed by atoms with Gasteiger partial charge in [-0.15, -0.1) is 0 Å². The largest absolute Gasteiger partial charge is 0.267 e. The fraction of sp³-hybridized carbons (Fsp3) is 0.188. The number of hydrogen-bond donors (Lipinski definition) is 0. The highest BCUT2D eigenvalue weighted by Crippen LogP contribution is 2.30. The van der Waals surface area contributed by atoms with E-state index in [1.54, 1.807) is 50.2 Å². The number of anilines is 1. The summed E-state index contributed by atoms with van der Waals surface area (Å²) < 4.78 is 27.0. The van der Waals surface area contributed by atoms with E-state index in [0.717, 1.165) is 0 Å². The summed E-state index contributed by atoms with van der Waals surface area (Å²) in [5.74, 6) is 0. The van der Waals surface area contributed by atoms with Crippen molar-refractivity contribution >= 4 is 27.3 Å². The fourth-order valence-electron chi connectivity index (χ4n) is 2.13. The average molecular weight is 335 g/mol. The van der Waals surface area contributed by atoms with Gasteiger partial charge in [-0.3, -0.25) is 4.31 Å². The van der Waals surface area contributed by atoms with E-state index in [1.807, 2.05) is 6.07 Å². The Morgan fingerprint density at radius 2 is 1.82 bits per heavy atom. The zero-order chi connectivity index (χ0) is 16.3. The zero-order valence-corrected chi connectivity index (χ0v) is 13.8. The van der Waals surface area contributed by atoms with Gasteiger partial charge < -0.3 is 0 Å². The second-order valence-corrected chi connectivity index (χ2v) is 6.92. The summed E-state index contributed by atoms with van der Waals surface area (Å²) >= 11 is 6.17. The van der Waals surface area contributed by atoms with Crippen molar-refractivity contribution in [2.24, 2.45) is 0 Å². The molecule has 0 unspecified atom stereocenters. The minimum Gasteiger partial charge on any atom is -0.267 e. The number of nitriles is 1. The van der Waals surface area contributed by atoms with E-state index in [4.69, 9.17) is 16.9 Å². The maximum absolute atomic E-state index is 12.9. The number of halogens is 1. The van der Waals surface area contributed by atoms with Crippen molar-refractivity contribution in [3.05, 3.63) is 58.6 Å². The van der Waals surface area contributed by atoms with Crippen molar-refractivity contribution in [2.45, 2.75) is 18.7 Å². The summed E-state index contributed by atoms with van der Waals surface area (Å²) in [5, 5.41) is 9.06. The number of sulfonamides is 1. The Morgan fingerprint density at radius 3 is 2.36 bits per heavy atom. The molecule has 0 bridgehead atoms. The maximum atomic E-state index is 12.9. The molecule has 0 N–H and O–H groups in total. The molecule has 2 aromatic rings. The van der Waals surface area contributed by atoms with Crippen LogP contribution in [0.3, 0.4) is 0 Å². The maximum Gasteiger partial charge on any atom is 0.265 e. The molecule has 0 spiro atoms. The third kappa shape index (κ3) is 2.94. The molecule has 0 aliphatic heterocycles. The van der Waals surface area contributed by atoms with Crippen molar-refractivity contribution in [3.8, 4) is 6.07 Å². The summed E-state index contributed by atoms with van der Waals surface area (Å²) in [7, 11) is -3.76.